The molecular formula is C29H37N3O4S. The van der Waals surface area contributed by atoms with Gasteiger partial charge in [0.2, 0.25) is 11.8 Å². The highest BCUT2D eigenvalue weighted by Crippen LogP contribution is 2.61. The van der Waals surface area contributed by atoms with Gasteiger partial charge in [0.15, 0.2) is 0 Å². The average molecular weight is 524 g/mol. The Balaban J connectivity index is 1.68. The lowest BCUT2D eigenvalue weighted by Crippen LogP contribution is -2.57. The average Bonchev–Trinajstić information content (AvgIpc) is 3.18. The number of carbonyl (C=O) groups excluding carboxylic acids is 3. The monoisotopic (exact) mass is 523 g/mol. The van der Waals surface area contributed by atoms with Crippen molar-refractivity contribution in [1.29, 1.82) is 0 Å². The van der Waals surface area contributed by atoms with Crippen molar-refractivity contribution in [2.24, 2.45) is 17.8 Å². The first kappa shape index (κ1) is 26.0. The molecule has 4 aliphatic heterocycles. The highest BCUT2D eigenvalue weighted by atomic mass is 32.2. The molecule has 1 N–H and O–H groups in total. The van der Waals surface area contributed by atoms with E-state index in [0.29, 0.717) is 19.5 Å². The number of benzene rings is 1. The van der Waals surface area contributed by atoms with Gasteiger partial charge in [-0.1, -0.05) is 56.4 Å². The topological polar surface area (TPSA) is 81.2 Å². The number of hydrogen-bond donors (Lipinski definition) is 1. The maximum atomic E-state index is 14.6. The number of amides is 3. The molecule has 3 amide bonds. The minimum absolute atomic E-state index is 0.0561. The van der Waals surface area contributed by atoms with Crippen LogP contribution in [0, 0.1) is 31.6 Å². The first-order valence-corrected chi connectivity index (χ1v) is 14.1. The van der Waals surface area contributed by atoms with Crippen molar-refractivity contribution >= 4 is 35.2 Å². The summed E-state index contributed by atoms with van der Waals surface area (Å²) in [5.74, 6) is -1.38. The Morgan fingerprint density at radius 1 is 1.05 bits per heavy atom. The van der Waals surface area contributed by atoms with Crippen molar-refractivity contribution in [2.75, 3.05) is 31.6 Å². The number of likely N-dealkylation sites (N-methyl/N-ethyl adjacent to an activating group) is 1. The normalized spacial score (nSPS) is 32.0. The number of carbonyl (C=O) groups is 3. The summed E-state index contributed by atoms with van der Waals surface area (Å²) in [5, 5.41) is 10.3. The van der Waals surface area contributed by atoms with E-state index in [1.165, 1.54) is 0 Å². The molecule has 198 valence electrons. The fourth-order valence-electron chi connectivity index (χ4n) is 6.85. The van der Waals surface area contributed by atoms with Crippen molar-refractivity contribution in [1.82, 2.24) is 9.80 Å². The Kier molecular flexibility index (Phi) is 6.77. The van der Waals surface area contributed by atoms with E-state index in [0.717, 1.165) is 16.8 Å². The molecular weight excluding hydrogens is 486 g/mol. The van der Waals surface area contributed by atoms with Gasteiger partial charge in [-0.05, 0) is 37.3 Å². The Morgan fingerprint density at radius 3 is 2.41 bits per heavy atom. The first-order valence-electron chi connectivity index (χ1n) is 13.2. The molecule has 2 fully saturated rings. The van der Waals surface area contributed by atoms with Crippen molar-refractivity contribution in [3.8, 4) is 0 Å². The number of aliphatic hydroxyl groups excluding tert-OH is 1. The van der Waals surface area contributed by atoms with Crippen LogP contribution in [0.25, 0.3) is 0 Å². The van der Waals surface area contributed by atoms with Crippen molar-refractivity contribution < 1.29 is 19.5 Å². The number of hydrogen-bond acceptors (Lipinski definition) is 5. The lowest BCUT2D eigenvalue weighted by Gasteiger charge is -2.39. The molecule has 1 unspecified atom stereocenters. The third-order valence-electron chi connectivity index (χ3n) is 8.36. The number of fused-ring (bicyclic) bond motifs is 2. The van der Waals surface area contributed by atoms with E-state index in [-0.39, 0.29) is 35.5 Å². The first-order chi connectivity index (χ1) is 17.6. The number of para-hydroxylation sites is 1. The van der Waals surface area contributed by atoms with E-state index in [1.54, 1.807) is 33.5 Å². The molecule has 5 rings (SSSR count). The maximum absolute atomic E-state index is 14.6. The Labute approximate surface area is 223 Å². The Morgan fingerprint density at radius 2 is 1.76 bits per heavy atom. The van der Waals surface area contributed by atoms with Crippen LogP contribution in [-0.2, 0) is 14.4 Å². The van der Waals surface area contributed by atoms with Crippen LogP contribution in [0.3, 0.4) is 0 Å². The van der Waals surface area contributed by atoms with Gasteiger partial charge in [0.25, 0.3) is 5.91 Å². The maximum Gasteiger partial charge on any atom is 0.251 e. The summed E-state index contributed by atoms with van der Waals surface area (Å²) >= 11 is 1.58. The zero-order valence-electron chi connectivity index (χ0n) is 22.3. The van der Waals surface area contributed by atoms with E-state index in [9.17, 15) is 19.5 Å². The van der Waals surface area contributed by atoms with E-state index in [2.05, 4.69) is 13.8 Å². The van der Waals surface area contributed by atoms with Gasteiger partial charge < -0.3 is 19.8 Å². The van der Waals surface area contributed by atoms with Crippen LogP contribution in [0.15, 0.2) is 42.5 Å². The molecule has 37 heavy (non-hydrogen) atoms. The van der Waals surface area contributed by atoms with E-state index >= 15 is 0 Å². The highest BCUT2D eigenvalue weighted by Gasteiger charge is 2.71. The summed E-state index contributed by atoms with van der Waals surface area (Å²) in [6.45, 7) is 8.78. The molecule has 4 aliphatic rings. The number of aryl methyl sites for hydroxylation is 2. The molecule has 0 saturated carbocycles. The molecule has 8 heteroatoms. The summed E-state index contributed by atoms with van der Waals surface area (Å²) in [5.41, 5.74) is 2.85. The largest absolute Gasteiger partial charge is 0.394 e. The molecule has 2 saturated heterocycles. The molecule has 7 nitrogen and oxygen atoms in total. The second kappa shape index (κ2) is 9.62. The fourth-order valence-corrected chi connectivity index (χ4v) is 8.84. The van der Waals surface area contributed by atoms with Gasteiger partial charge in [-0.25, -0.2) is 0 Å². The lowest BCUT2D eigenvalue weighted by atomic mass is 9.78. The van der Waals surface area contributed by atoms with Crippen LogP contribution in [0.4, 0.5) is 5.69 Å². The van der Waals surface area contributed by atoms with Gasteiger partial charge in [-0.15, -0.1) is 11.8 Å². The molecule has 0 radical (unpaired) electrons. The van der Waals surface area contributed by atoms with Crippen LogP contribution >= 0.6 is 11.8 Å². The predicted octanol–water partition coefficient (Wildman–Crippen LogP) is 2.94. The Hall–Kier alpha value is -2.58. The molecule has 0 aliphatic carbocycles. The lowest BCUT2D eigenvalue weighted by molar-refractivity contribution is -0.144. The van der Waals surface area contributed by atoms with Crippen molar-refractivity contribution in [2.45, 2.75) is 56.2 Å². The quantitative estimate of drug-likeness (QED) is 0.601. The minimum Gasteiger partial charge on any atom is -0.394 e. The molecule has 0 bridgehead atoms. The minimum atomic E-state index is -0.878. The fraction of sp³-hybridized carbons (Fsp3) is 0.552. The summed E-state index contributed by atoms with van der Waals surface area (Å²) in [6, 6.07) is 4.68. The van der Waals surface area contributed by atoms with Crippen LogP contribution in [-0.4, -0.2) is 81.5 Å². The van der Waals surface area contributed by atoms with Gasteiger partial charge >= 0.3 is 0 Å². The van der Waals surface area contributed by atoms with Crippen LogP contribution in [0.5, 0.6) is 0 Å². The van der Waals surface area contributed by atoms with Crippen LogP contribution in [0.2, 0.25) is 0 Å². The highest BCUT2D eigenvalue weighted by molar-refractivity contribution is 8.02. The van der Waals surface area contributed by atoms with E-state index in [4.69, 9.17) is 0 Å². The Bertz CT molecular complexity index is 1160. The zero-order valence-corrected chi connectivity index (χ0v) is 23.1. The van der Waals surface area contributed by atoms with Gasteiger partial charge in [-0.3, -0.25) is 14.4 Å². The SMILES string of the molecule is Cc1cccc(C)c1N1CC=C[C@]23S[C@H]4C=CCN(C)C(=O)[C@H]4[C@H]2C(=O)N([C@@H](CO)CC(C)C)C3C1=O. The number of likely N-dealkylation sites (tertiary alicyclic amines) is 1. The zero-order chi connectivity index (χ0) is 26.6. The number of anilines is 1. The van der Waals surface area contributed by atoms with Crippen molar-refractivity contribution in [3.05, 3.63) is 53.6 Å². The van der Waals surface area contributed by atoms with E-state index < -0.39 is 28.7 Å². The smallest absolute Gasteiger partial charge is 0.251 e. The second-order valence-corrected chi connectivity index (χ2v) is 12.8. The molecule has 1 aromatic carbocycles. The molecule has 1 aromatic rings. The van der Waals surface area contributed by atoms with Gasteiger partial charge in [0, 0.05) is 31.1 Å². The predicted molar refractivity (Wildman–Crippen MR) is 146 cm³/mol. The number of nitrogens with zero attached hydrogens (tertiary/aromatic N) is 3. The van der Waals surface area contributed by atoms with Crippen molar-refractivity contribution in [3.63, 3.8) is 0 Å². The summed E-state index contributed by atoms with van der Waals surface area (Å²) < 4.78 is -0.878. The summed E-state index contributed by atoms with van der Waals surface area (Å²) in [4.78, 5) is 47.7. The van der Waals surface area contributed by atoms with Gasteiger partial charge in [-0.2, -0.15) is 0 Å². The molecule has 0 aromatic heterocycles. The molecule has 6 atom stereocenters. The second-order valence-electron chi connectivity index (χ2n) is 11.3. The number of rotatable bonds is 5. The van der Waals surface area contributed by atoms with Gasteiger partial charge in [0.1, 0.15) is 6.04 Å². The standard InChI is InChI=1S/C29H37N3O4S/c1-17(2)15-20(16-33)32-25-28(36)31(24-18(3)9-6-10-19(24)4)14-8-12-29(25)23(27(32)35)22-21(37-29)11-7-13-30(5)26(22)34/h6-12,17,20-23,25,33H,13-16H2,1-5H3/t20-,21+,22-,23+,25?,29+/m1/s1. The van der Waals surface area contributed by atoms with E-state index in [1.807, 2.05) is 56.4 Å². The molecule has 4 heterocycles. The van der Waals surface area contributed by atoms with Crippen LogP contribution in [0.1, 0.15) is 31.4 Å². The van der Waals surface area contributed by atoms with Gasteiger partial charge in [0.05, 0.1) is 29.2 Å². The molecule has 1 spiro atoms. The number of aliphatic hydroxyl groups is 1. The third-order valence-corrected chi connectivity index (χ3v) is 10.1. The summed E-state index contributed by atoms with van der Waals surface area (Å²) in [7, 11) is 1.77. The summed E-state index contributed by atoms with van der Waals surface area (Å²) in [6.07, 6.45) is 8.65. The third kappa shape index (κ3) is 3.95. The number of thioether (sulfide) groups is 1. The van der Waals surface area contributed by atoms with Crippen LogP contribution < -0.4 is 4.90 Å².